The molecule has 0 saturated heterocycles. The van der Waals surface area contributed by atoms with E-state index in [1.54, 1.807) is 0 Å². The predicted octanol–water partition coefficient (Wildman–Crippen LogP) is 3.50. The SMILES string of the molecule is CCOc1cccc(Br)c1Cl. The van der Waals surface area contributed by atoms with E-state index in [0.29, 0.717) is 11.6 Å². The van der Waals surface area contributed by atoms with E-state index in [1.807, 2.05) is 25.1 Å². The number of hydrogen-bond donors (Lipinski definition) is 0. The number of ether oxygens (including phenoxy) is 1. The molecule has 0 fully saturated rings. The van der Waals surface area contributed by atoms with Gasteiger partial charge in [-0.1, -0.05) is 17.7 Å². The summed E-state index contributed by atoms with van der Waals surface area (Å²) in [4.78, 5) is 0. The van der Waals surface area contributed by atoms with Gasteiger partial charge in [-0.2, -0.15) is 0 Å². The zero-order valence-corrected chi connectivity index (χ0v) is 8.45. The van der Waals surface area contributed by atoms with Gasteiger partial charge in [-0.3, -0.25) is 0 Å². The van der Waals surface area contributed by atoms with E-state index < -0.39 is 0 Å². The smallest absolute Gasteiger partial charge is 0.139 e. The second-order valence-corrected chi connectivity index (χ2v) is 3.22. The van der Waals surface area contributed by atoms with Crippen LogP contribution in [0.4, 0.5) is 0 Å². The van der Waals surface area contributed by atoms with E-state index in [4.69, 9.17) is 16.3 Å². The van der Waals surface area contributed by atoms with Crippen molar-refractivity contribution in [3.63, 3.8) is 0 Å². The second-order valence-electron chi connectivity index (χ2n) is 1.98. The summed E-state index contributed by atoms with van der Waals surface area (Å²) in [6, 6.07) is 5.61. The summed E-state index contributed by atoms with van der Waals surface area (Å²) in [5.74, 6) is 0.726. The third-order valence-corrected chi connectivity index (χ3v) is 2.49. The van der Waals surface area contributed by atoms with Crippen molar-refractivity contribution in [2.24, 2.45) is 0 Å². The molecule has 0 aliphatic heterocycles. The van der Waals surface area contributed by atoms with Gasteiger partial charge in [0.15, 0.2) is 0 Å². The number of rotatable bonds is 2. The molecular formula is C8H8BrClO. The first-order valence-electron chi connectivity index (χ1n) is 3.32. The molecule has 3 heteroatoms. The van der Waals surface area contributed by atoms with Crippen LogP contribution in [-0.2, 0) is 0 Å². The lowest BCUT2D eigenvalue weighted by atomic mass is 10.3. The van der Waals surface area contributed by atoms with Gasteiger partial charge < -0.3 is 4.74 Å². The van der Waals surface area contributed by atoms with Crippen molar-refractivity contribution in [2.75, 3.05) is 6.61 Å². The largest absolute Gasteiger partial charge is 0.492 e. The average molecular weight is 236 g/mol. The van der Waals surface area contributed by atoms with E-state index in [0.717, 1.165) is 10.2 Å². The van der Waals surface area contributed by atoms with Crippen molar-refractivity contribution in [1.29, 1.82) is 0 Å². The van der Waals surface area contributed by atoms with Gasteiger partial charge in [0.05, 0.1) is 11.6 Å². The van der Waals surface area contributed by atoms with E-state index in [2.05, 4.69) is 15.9 Å². The zero-order chi connectivity index (χ0) is 8.27. The van der Waals surface area contributed by atoms with Gasteiger partial charge in [-0.25, -0.2) is 0 Å². The van der Waals surface area contributed by atoms with Gasteiger partial charge in [0.1, 0.15) is 5.75 Å². The van der Waals surface area contributed by atoms with Crippen LogP contribution in [0.2, 0.25) is 5.02 Å². The maximum Gasteiger partial charge on any atom is 0.139 e. The Morgan fingerprint density at radius 1 is 1.55 bits per heavy atom. The lowest BCUT2D eigenvalue weighted by molar-refractivity contribution is 0.340. The molecule has 0 radical (unpaired) electrons. The Morgan fingerprint density at radius 2 is 2.27 bits per heavy atom. The molecule has 60 valence electrons. The van der Waals surface area contributed by atoms with Crippen molar-refractivity contribution in [3.8, 4) is 5.75 Å². The minimum absolute atomic E-state index is 0.634. The topological polar surface area (TPSA) is 9.23 Å². The lowest BCUT2D eigenvalue weighted by Crippen LogP contribution is -1.91. The molecule has 0 amide bonds. The predicted molar refractivity (Wildman–Crippen MR) is 50.3 cm³/mol. The summed E-state index contributed by atoms with van der Waals surface area (Å²) >= 11 is 9.20. The highest BCUT2D eigenvalue weighted by molar-refractivity contribution is 9.10. The highest BCUT2D eigenvalue weighted by Crippen LogP contribution is 2.31. The molecule has 1 aromatic carbocycles. The molecule has 11 heavy (non-hydrogen) atoms. The van der Waals surface area contributed by atoms with Crippen LogP contribution in [0, 0.1) is 0 Å². The van der Waals surface area contributed by atoms with E-state index in [1.165, 1.54) is 0 Å². The van der Waals surface area contributed by atoms with Crippen molar-refractivity contribution in [2.45, 2.75) is 6.92 Å². The van der Waals surface area contributed by atoms with Gasteiger partial charge in [-0.05, 0) is 35.0 Å². The molecule has 0 aromatic heterocycles. The molecule has 0 spiro atoms. The van der Waals surface area contributed by atoms with E-state index >= 15 is 0 Å². The molecule has 0 saturated carbocycles. The van der Waals surface area contributed by atoms with Crippen LogP contribution in [0.3, 0.4) is 0 Å². The van der Waals surface area contributed by atoms with Gasteiger partial charge in [0.25, 0.3) is 0 Å². The summed E-state index contributed by atoms with van der Waals surface area (Å²) in [5.41, 5.74) is 0. The second kappa shape index (κ2) is 3.98. The normalized spacial score (nSPS) is 9.73. The Labute approximate surface area is 79.4 Å². The first kappa shape index (κ1) is 8.88. The fourth-order valence-electron chi connectivity index (χ4n) is 0.751. The van der Waals surface area contributed by atoms with Crippen molar-refractivity contribution in [3.05, 3.63) is 27.7 Å². The minimum Gasteiger partial charge on any atom is -0.492 e. The Morgan fingerprint density at radius 3 is 2.91 bits per heavy atom. The maximum atomic E-state index is 5.90. The third-order valence-electron chi connectivity index (χ3n) is 1.22. The van der Waals surface area contributed by atoms with E-state index in [-0.39, 0.29) is 0 Å². The number of hydrogen-bond acceptors (Lipinski definition) is 1. The molecule has 0 bridgehead atoms. The van der Waals surface area contributed by atoms with Gasteiger partial charge in [0, 0.05) is 4.47 Å². The van der Waals surface area contributed by atoms with Gasteiger partial charge in [0.2, 0.25) is 0 Å². The van der Waals surface area contributed by atoms with Crippen LogP contribution < -0.4 is 4.74 Å². The summed E-state index contributed by atoms with van der Waals surface area (Å²) in [6.07, 6.45) is 0. The van der Waals surface area contributed by atoms with Crippen LogP contribution in [0.1, 0.15) is 6.92 Å². The molecule has 0 unspecified atom stereocenters. The highest BCUT2D eigenvalue weighted by Gasteiger charge is 2.02. The highest BCUT2D eigenvalue weighted by atomic mass is 79.9. The third kappa shape index (κ3) is 2.11. The Hall–Kier alpha value is -0.210. The van der Waals surface area contributed by atoms with Crippen LogP contribution in [0.25, 0.3) is 0 Å². The molecule has 0 aliphatic rings. The van der Waals surface area contributed by atoms with Crippen LogP contribution in [-0.4, -0.2) is 6.61 Å². The van der Waals surface area contributed by atoms with Crippen LogP contribution in [0.5, 0.6) is 5.75 Å². The fraction of sp³-hybridized carbons (Fsp3) is 0.250. The monoisotopic (exact) mass is 234 g/mol. The summed E-state index contributed by atoms with van der Waals surface area (Å²) in [6.45, 7) is 2.56. The fourth-order valence-corrected chi connectivity index (χ4v) is 1.28. The molecule has 0 atom stereocenters. The maximum absolute atomic E-state index is 5.90. The minimum atomic E-state index is 0.634. The zero-order valence-electron chi connectivity index (χ0n) is 6.10. The molecule has 1 rings (SSSR count). The molecule has 1 nitrogen and oxygen atoms in total. The van der Waals surface area contributed by atoms with Gasteiger partial charge in [-0.15, -0.1) is 0 Å². The standard InChI is InChI=1S/C8H8BrClO/c1-2-11-7-5-3-4-6(9)8(7)10/h3-5H,2H2,1H3. The van der Waals surface area contributed by atoms with Crippen molar-refractivity contribution in [1.82, 2.24) is 0 Å². The summed E-state index contributed by atoms with van der Waals surface area (Å²) < 4.78 is 6.12. The van der Waals surface area contributed by atoms with Gasteiger partial charge >= 0.3 is 0 Å². The first-order chi connectivity index (χ1) is 5.25. The first-order valence-corrected chi connectivity index (χ1v) is 4.49. The van der Waals surface area contributed by atoms with Crippen LogP contribution >= 0.6 is 27.5 Å². The molecule has 0 aliphatic carbocycles. The molecule has 0 heterocycles. The number of benzene rings is 1. The Kier molecular flexibility index (Phi) is 3.21. The summed E-state index contributed by atoms with van der Waals surface area (Å²) in [7, 11) is 0. The van der Waals surface area contributed by atoms with Crippen molar-refractivity contribution < 1.29 is 4.74 Å². The lowest BCUT2D eigenvalue weighted by Gasteiger charge is -2.05. The molecular weight excluding hydrogens is 227 g/mol. The van der Waals surface area contributed by atoms with Crippen LogP contribution in [0.15, 0.2) is 22.7 Å². The number of halogens is 2. The quantitative estimate of drug-likeness (QED) is 0.762. The molecule has 0 N–H and O–H groups in total. The Balaban J connectivity index is 2.96. The average Bonchev–Trinajstić information content (AvgIpc) is 1.99. The van der Waals surface area contributed by atoms with Crippen molar-refractivity contribution >= 4 is 27.5 Å². The summed E-state index contributed by atoms with van der Waals surface area (Å²) in [5, 5.41) is 0.634. The Bertz CT molecular complexity index is 250. The van der Waals surface area contributed by atoms with E-state index in [9.17, 15) is 0 Å². The molecule has 1 aromatic rings.